The summed E-state index contributed by atoms with van der Waals surface area (Å²) in [5.74, 6) is 1.18. The summed E-state index contributed by atoms with van der Waals surface area (Å²) in [6.45, 7) is 5.53. The molecule has 1 aromatic rings. The average Bonchev–Trinajstić information content (AvgIpc) is 2.28. The van der Waals surface area contributed by atoms with Crippen LogP contribution in [0.4, 0.5) is 16.4 Å². The SMILES string of the molecule is Cc1cc(N)nnc1N1CCN(C(=O)O)[C@@H](C)C1. The number of carbonyl (C=O) groups is 1. The van der Waals surface area contributed by atoms with E-state index in [9.17, 15) is 4.79 Å². The van der Waals surface area contributed by atoms with Crippen molar-refractivity contribution in [1.29, 1.82) is 0 Å². The molecule has 0 aliphatic carbocycles. The van der Waals surface area contributed by atoms with Crippen LogP contribution in [0.1, 0.15) is 12.5 Å². The van der Waals surface area contributed by atoms with Crippen LogP contribution in [0.5, 0.6) is 0 Å². The zero-order valence-electron chi connectivity index (χ0n) is 10.5. The zero-order valence-corrected chi connectivity index (χ0v) is 10.5. The minimum absolute atomic E-state index is 0.0602. The van der Waals surface area contributed by atoms with Gasteiger partial charge in [-0.2, -0.15) is 0 Å². The molecule has 0 radical (unpaired) electrons. The van der Waals surface area contributed by atoms with Crippen LogP contribution in [-0.2, 0) is 0 Å². The number of aryl methyl sites for hydroxylation is 1. The van der Waals surface area contributed by atoms with Gasteiger partial charge >= 0.3 is 6.09 Å². The van der Waals surface area contributed by atoms with E-state index in [0.717, 1.165) is 11.4 Å². The number of nitrogens with two attached hydrogens (primary N) is 1. The molecule has 2 rings (SSSR count). The summed E-state index contributed by atoms with van der Waals surface area (Å²) in [6, 6.07) is 1.71. The fourth-order valence-corrected chi connectivity index (χ4v) is 2.25. The van der Waals surface area contributed by atoms with Gasteiger partial charge in [0.15, 0.2) is 5.82 Å². The standard InChI is InChI=1S/C11H17N5O2/c1-7-5-9(12)13-14-10(7)15-3-4-16(11(17)18)8(2)6-15/h5,8H,3-4,6H2,1-2H3,(H2,12,13)(H,17,18)/t8-/m0/s1. The van der Waals surface area contributed by atoms with Crippen molar-refractivity contribution in [3.63, 3.8) is 0 Å². The number of carboxylic acid groups (broad SMARTS) is 1. The molecule has 1 atom stereocenters. The van der Waals surface area contributed by atoms with Gasteiger partial charge in [0.05, 0.1) is 0 Å². The predicted molar refractivity (Wildman–Crippen MR) is 67.6 cm³/mol. The van der Waals surface area contributed by atoms with Gasteiger partial charge in [0, 0.05) is 25.7 Å². The molecular formula is C11H17N5O2. The minimum atomic E-state index is -0.873. The van der Waals surface area contributed by atoms with Gasteiger partial charge in [0.25, 0.3) is 0 Å². The summed E-state index contributed by atoms with van der Waals surface area (Å²) >= 11 is 0. The molecule has 1 amide bonds. The van der Waals surface area contributed by atoms with Crippen molar-refractivity contribution in [2.24, 2.45) is 0 Å². The number of nitrogen functional groups attached to an aromatic ring is 1. The molecule has 1 saturated heterocycles. The first-order valence-corrected chi connectivity index (χ1v) is 5.83. The molecule has 0 aromatic carbocycles. The maximum atomic E-state index is 11.0. The first-order valence-electron chi connectivity index (χ1n) is 5.83. The normalized spacial score (nSPS) is 20.0. The quantitative estimate of drug-likeness (QED) is 0.757. The van der Waals surface area contributed by atoms with E-state index in [1.165, 1.54) is 4.90 Å². The van der Waals surface area contributed by atoms with Gasteiger partial charge in [-0.15, -0.1) is 10.2 Å². The molecule has 1 aliphatic heterocycles. The number of piperazine rings is 1. The van der Waals surface area contributed by atoms with Gasteiger partial charge in [-0.05, 0) is 25.5 Å². The Labute approximate surface area is 105 Å². The van der Waals surface area contributed by atoms with Crippen molar-refractivity contribution in [3.8, 4) is 0 Å². The topological polar surface area (TPSA) is 95.6 Å². The third-order valence-electron chi connectivity index (χ3n) is 3.15. The Morgan fingerprint density at radius 1 is 1.50 bits per heavy atom. The number of hydrogen-bond donors (Lipinski definition) is 2. The fourth-order valence-electron chi connectivity index (χ4n) is 2.25. The van der Waals surface area contributed by atoms with E-state index in [2.05, 4.69) is 10.2 Å². The van der Waals surface area contributed by atoms with Crippen LogP contribution < -0.4 is 10.6 Å². The van der Waals surface area contributed by atoms with Crippen molar-refractivity contribution < 1.29 is 9.90 Å². The summed E-state index contributed by atoms with van der Waals surface area (Å²) in [7, 11) is 0. The highest BCUT2D eigenvalue weighted by Crippen LogP contribution is 2.21. The molecule has 1 fully saturated rings. The summed E-state index contributed by atoms with van der Waals surface area (Å²) in [5, 5.41) is 17.0. The van der Waals surface area contributed by atoms with Crippen LogP contribution in [0.3, 0.4) is 0 Å². The molecule has 1 aromatic heterocycles. The maximum absolute atomic E-state index is 11.0. The lowest BCUT2D eigenvalue weighted by Gasteiger charge is -2.39. The smallest absolute Gasteiger partial charge is 0.407 e. The van der Waals surface area contributed by atoms with Gasteiger partial charge in [-0.1, -0.05) is 0 Å². The number of amides is 1. The van der Waals surface area contributed by atoms with Gasteiger partial charge in [-0.25, -0.2) is 4.79 Å². The Kier molecular flexibility index (Phi) is 3.22. The van der Waals surface area contributed by atoms with Crippen LogP contribution in [0.15, 0.2) is 6.07 Å². The lowest BCUT2D eigenvalue weighted by atomic mass is 10.2. The zero-order chi connectivity index (χ0) is 13.3. The molecule has 7 heteroatoms. The van der Waals surface area contributed by atoms with Crippen LogP contribution in [0, 0.1) is 6.92 Å². The first kappa shape index (κ1) is 12.4. The molecule has 7 nitrogen and oxygen atoms in total. The molecule has 18 heavy (non-hydrogen) atoms. The third kappa shape index (κ3) is 2.29. The highest BCUT2D eigenvalue weighted by atomic mass is 16.4. The molecule has 2 heterocycles. The second kappa shape index (κ2) is 4.67. The van der Waals surface area contributed by atoms with Crippen LogP contribution in [0.2, 0.25) is 0 Å². The van der Waals surface area contributed by atoms with Gasteiger partial charge in [0.1, 0.15) is 5.82 Å². The van der Waals surface area contributed by atoms with Gasteiger partial charge in [-0.3, -0.25) is 0 Å². The molecule has 0 saturated carbocycles. The van der Waals surface area contributed by atoms with E-state index in [1.54, 1.807) is 6.07 Å². The molecule has 0 unspecified atom stereocenters. The summed E-state index contributed by atoms with van der Waals surface area (Å²) < 4.78 is 0. The summed E-state index contributed by atoms with van der Waals surface area (Å²) in [5.41, 5.74) is 6.52. The second-order valence-electron chi connectivity index (χ2n) is 4.55. The number of nitrogens with zero attached hydrogens (tertiary/aromatic N) is 4. The largest absolute Gasteiger partial charge is 0.465 e. The maximum Gasteiger partial charge on any atom is 0.407 e. The molecule has 3 N–H and O–H groups in total. The number of aromatic nitrogens is 2. The monoisotopic (exact) mass is 251 g/mol. The van der Waals surface area contributed by atoms with E-state index in [4.69, 9.17) is 10.8 Å². The summed E-state index contributed by atoms with van der Waals surface area (Å²) in [6.07, 6.45) is -0.873. The van der Waals surface area contributed by atoms with Crippen molar-refractivity contribution in [1.82, 2.24) is 15.1 Å². The first-order chi connectivity index (χ1) is 8.49. The van der Waals surface area contributed by atoms with Crippen molar-refractivity contribution in [2.45, 2.75) is 19.9 Å². The minimum Gasteiger partial charge on any atom is -0.465 e. The molecule has 0 spiro atoms. The Morgan fingerprint density at radius 3 is 2.78 bits per heavy atom. The van der Waals surface area contributed by atoms with E-state index < -0.39 is 6.09 Å². The highest BCUT2D eigenvalue weighted by Gasteiger charge is 2.28. The molecule has 0 bridgehead atoms. The number of rotatable bonds is 1. The van der Waals surface area contributed by atoms with Crippen LogP contribution in [-0.4, -0.2) is 52.0 Å². The second-order valence-corrected chi connectivity index (χ2v) is 4.55. The lowest BCUT2D eigenvalue weighted by Crippen LogP contribution is -2.54. The van der Waals surface area contributed by atoms with E-state index in [-0.39, 0.29) is 6.04 Å². The summed E-state index contributed by atoms with van der Waals surface area (Å²) in [4.78, 5) is 14.5. The van der Waals surface area contributed by atoms with E-state index in [1.807, 2.05) is 18.7 Å². The van der Waals surface area contributed by atoms with Crippen LogP contribution >= 0.6 is 0 Å². The fraction of sp³-hybridized carbons (Fsp3) is 0.545. The number of hydrogen-bond acceptors (Lipinski definition) is 5. The van der Waals surface area contributed by atoms with Crippen LogP contribution in [0.25, 0.3) is 0 Å². The molecule has 1 aliphatic rings. The van der Waals surface area contributed by atoms with Crippen molar-refractivity contribution >= 4 is 17.7 Å². The number of anilines is 2. The van der Waals surface area contributed by atoms with E-state index >= 15 is 0 Å². The van der Waals surface area contributed by atoms with Gasteiger partial charge < -0.3 is 20.6 Å². The third-order valence-corrected chi connectivity index (χ3v) is 3.15. The highest BCUT2D eigenvalue weighted by molar-refractivity contribution is 5.66. The molecular weight excluding hydrogens is 234 g/mol. The average molecular weight is 251 g/mol. The van der Waals surface area contributed by atoms with Crippen molar-refractivity contribution in [3.05, 3.63) is 11.6 Å². The lowest BCUT2D eigenvalue weighted by molar-refractivity contribution is 0.122. The predicted octanol–water partition coefficient (Wildman–Crippen LogP) is 0.556. The Hall–Kier alpha value is -2.05. The Bertz CT molecular complexity index is 465. The van der Waals surface area contributed by atoms with Gasteiger partial charge in [0.2, 0.25) is 0 Å². The van der Waals surface area contributed by atoms with E-state index in [0.29, 0.717) is 25.5 Å². The Balaban J connectivity index is 2.15. The Morgan fingerprint density at radius 2 is 2.22 bits per heavy atom. The molecule has 98 valence electrons. The van der Waals surface area contributed by atoms with Crippen molar-refractivity contribution in [2.75, 3.05) is 30.3 Å².